The highest BCUT2D eigenvalue weighted by molar-refractivity contribution is 5.63. The van der Waals surface area contributed by atoms with E-state index in [0.29, 0.717) is 11.3 Å². The molecule has 2 aromatic carbocycles. The number of rotatable bonds is 5. The smallest absolute Gasteiger partial charge is 0.162 e. The lowest BCUT2D eigenvalue weighted by Gasteiger charge is -2.28. The number of nitrogens with zero attached hydrogens (tertiary/aromatic N) is 1. The number of anilines is 1. The summed E-state index contributed by atoms with van der Waals surface area (Å²) in [4.78, 5) is 0. The van der Waals surface area contributed by atoms with E-state index in [1.54, 1.807) is 24.3 Å². The summed E-state index contributed by atoms with van der Waals surface area (Å²) in [7, 11) is 2.87. The zero-order chi connectivity index (χ0) is 15.4. The molecule has 0 amide bonds. The molecule has 0 aliphatic heterocycles. The molecule has 0 bridgehead atoms. The van der Waals surface area contributed by atoms with Crippen LogP contribution in [0.5, 0.6) is 11.5 Å². The summed E-state index contributed by atoms with van der Waals surface area (Å²) in [5.74, 6) is 0.638. The number of hydrogen-bond acceptors (Lipinski definition) is 6. The van der Waals surface area contributed by atoms with Crippen LogP contribution in [0.4, 0.5) is 5.69 Å². The molecule has 112 valence electrons. The third kappa shape index (κ3) is 3.08. The maximum Gasteiger partial charge on any atom is 0.162 e. The summed E-state index contributed by atoms with van der Waals surface area (Å²) in [5.41, 5.74) is 0.702. The van der Waals surface area contributed by atoms with Crippen LogP contribution >= 0.6 is 0 Å². The topological polar surface area (TPSA) is 85.2 Å². The van der Waals surface area contributed by atoms with Crippen molar-refractivity contribution in [2.24, 2.45) is 0 Å². The third-order valence-electron chi connectivity index (χ3n) is 3.15. The van der Waals surface area contributed by atoms with Gasteiger partial charge in [0.15, 0.2) is 11.5 Å². The number of aliphatic hydroxyl groups excluding tert-OH is 1. The number of hydrogen-bond donors (Lipinski definition) is 2. The Hall–Kier alpha value is -2.28. The molecule has 0 radical (unpaired) electrons. The van der Waals surface area contributed by atoms with Gasteiger partial charge in [-0.05, 0) is 11.6 Å². The maximum absolute atomic E-state index is 11.3. The van der Waals surface area contributed by atoms with Crippen LogP contribution in [0.15, 0.2) is 42.5 Å². The minimum atomic E-state index is -1.08. The van der Waals surface area contributed by atoms with E-state index in [0.717, 1.165) is 0 Å². The average molecular weight is 290 g/mol. The largest absolute Gasteiger partial charge is 0.733 e. The second-order valence-electron chi connectivity index (χ2n) is 4.35. The molecule has 21 heavy (non-hydrogen) atoms. The summed E-state index contributed by atoms with van der Waals surface area (Å²) in [5, 5.41) is 30.7. The Morgan fingerprint density at radius 3 is 2.14 bits per heavy atom. The quantitative estimate of drug-likeness (QED) is 0.823. The van der Waals surface area contributed by atoms with Crippen molar-refractivity contribution >= 4 is 5.69 Å². The van der Waals surface area contributed by atoms with Crippen molar-refractivity contribution in [2.75, 3.05) is 19.4 Å². The first-order chi connectivity index (χ1) is 10.1. The van der Waals surface area contributed by atoms with Crippen LogP contribution in [0.1, 0.15) is 17.2 Å². The van der Waals surface area contributed by atoms with Crippen molar-refractivity contribution in [2.45, 2.75) is 6.10 Å². The highest BCUT2D eigenvalue weighted by Crippen LogP contribution is 2.39. The molecule has 2 aromatic rings. The lowest BCUT2D eigenvalue weighted by atomic mass is 9.99. The van der Waals surface area contributed by atoms with E-state index in [1.165, 1.54) is 26.4 Å². The summed E-state index contributed by atoms with van der Waals surface area (Å²) in [6.07, 6.45) is -1.08. The predicted octanol–water partition coefficient (Wildman–Crippen LogP) is 2.48. The highest BCUT2D eigenvalue weighted by Gasteiger charge is 2.19. The second-order valence-corrected chi connectivity index (χ2v) is 4.35. The van der Waals surface area contributed by atoms with Crippen LogP contribution in [0.3, 0.4) is 0 Å². The summed E-state index contributed by atoms with van der Waals surface area (Å²) >= 11 is 0. The van der Waals surface area contributed by atoms with Crippen molar-refractivity contribution in [3.63, 3.8) is 0 Å². The normalized spacial score (nSPS) is 11.9. The second kappa shape index (κ2) is 6.45. The van der Waals surface area contributed by atoms with Crippen molar-refractivity contribution < 1.29 is 19.8 Å². The Morgan fingerprint density at radius 2 is 1.62 bits per heavy atom. The van der Waals surface area contributed by atoms with Crippen LogP contribution in [0.25, 0.3) is 0 Å². The van der Waals surface area contributed by atoms with Gasteiger partial charge in [0.05, 0.1) is 19.9 Å². The summed E-state index contributed by atoms with van der Waals surface area (Å²) in [6.45, 7) is 0. The van der Waals surface area contributed by atoms with Gasteiger partial charge in [-0.2, -0.15) is 0 Å². The highest BCUT2D eigenvalue weighted by atomic mass is 16.8. The first kappa shape index (κ1) is 15.1. The van der Waals surface area contributed by atoms with Crippen molar-refractivity contribution in [3.8, 4) is 11.5 Å². The van der Waals surface area contributed by atoms with Crippen LogP contribution < -0.4 is 14.7 Å². The Balaban J connectivity index is 2.55. The zero-order valence-corrected chi connectivity index (χ0v) is 11.7. The zero-order valence-electron chi connectivity index (χ0n) is 11.7. The monoisotopic (exact) mass is 290 g/mol. The fraction of sp³-hybridized carbons (Fsp3) is 0.200. The fourth-order valence-corrected chi connectivity index (χ4v) is 2.08. The Bertz CT molecular complexity index is 601. The van der Waals surface area contributed by atoms with Gasteiger partial charge in [-0.1, -0.05) is 30.3 Å². The van der Waals surface area contributed by atoms with Crippen LogP contribution in [-0.2, 0) is 0 Å². The first-order valence-electron chi connectivity index (χ1n) is 6.23. The van der Waals surface area contributed by atoms with E-state index in [9.17, 15) is 15.5 Å². The minimum absolute atomic E-state index is 0.107. The molecule has 0 aliphatic carbocycles. The third-order valence-corrected chi connectivity index (χ3v) is 3.15. The average Bonchev–Trinajstić information content (AvgIpc) is 2.53. The molecule has 2 rings (SSSR count). The van der Waals surface area contributed by atoms with E-state index in [2.05, 4.69) is 0 Å². The first-order valence-corrected chi connectivity index (χ1v) is 6.23. The SMILES string of the molecule is COc1cc(C(O)c2ccccc2)c(N([O-])O)cc1OC. The molecular weight excluding hydrogens is 274 g/mol. The molecule has 2 N–H and O–H groups in total. The van der Waals surface area contributed by atoms with Gasteiger partial charge in [-0.25, -0.2) is 0 Å². The number of benzene rings is 2. The molecule has 0 saturated carbocycles. The molecule has 6 heteroatoms. The maximum atomic E-state index is 11.3. The van der Waals surface area contributed by atoms with Crippen LogP contribution in [0, 0.1) is 5.21 Å². The van der Waals surface area contributed by atoms with Crippen molar-refractivity contribution in [3.05, 3.63) is 58.8 Å². The van der Waals surface area contributed by atoms with Gasteiger partial charge in [0, 0.05) is 11.6 Å². The summed E-state index contributed by atoms with van der Waals surface area (Å²) in [6, 6.07) is 11.6. The molecule has 1 unspecified atom stereocenters. The van der Waals surface area contributed by atoms with E-state index in [1.807, 2.05) is 6.07 Å². The minimum Gasteiger partial charge on any atom is -0.733 e. The molecule has 1 atom stereocenters. The number of ether oxygens (including phenoxy) is 2. The van der Waals surface area contributed by atoms with Crippen molar-refractivity contribution in [1.29, 1.82) is 0 Å². The molecule has 0 aliphatic rings. The van der Waals surface area contributed by atoms with Crippen LogP contribution in [0.2, 0.25) is 0 Å². The Kier molecular flexibility index (Phi) is 4.64. The van der Waals surface area contributed by atoms with Gasteiger partial charge < -0.3 is 25.0 Å². The van der Waals surface area contributed by atoms with E-state index < -0.39 is 6.10 Å². The van der Waals surface area contributed by atoms with Gasteiger partial charge >= 0.3 is 0 Å². The van der Waals surface area contributed by atoms with E-state index in [4.69, 9.17) is 9.47 Å². The van der Waals surface area contributed by atoms with Gasteiger partial charge in [0.25, 0.3) is 0 Å². The molecule has 0 spiro atoms. The number of methoxy groups -OCH3 is 2. The Labute approximate surface area is 122 Å². The van der Waals surface area contributed by atoms with Crippen LogP contribution in [-0.4, -0.2) is 24.5 Å². The fourth-order valence-electron chi connectivity index (χ4n) is 2.08. The molecule has 0 fully saturated rings. The van der Waals surface area contributed by atoms with Gasteiger partial charge in [-0.15, -0.1) is 0 Å². The van der Waals surface area contributed by atoms with Crippen molar-refractivity contribution in [1.82, 2.24) is 0 Å². The molecule has 0 heterocycles. The lowest BCUT2D eigenvalue weighted by Crippen LogP contribution is -2.13. The molecular formula is C15H16NO5-. The molecule has 0 aromatic heterocycles. The molecule has 6 nitrogen and oxygen atoms in total. The standard InChI is InChI=1S/C15H16NO5/c1-20-13-8-11(12(16(18)19)9-14(13)21-2)15(17)10-6-4-3-5-7-10/h3-9,15,17-18H,1-2H3/q-1. The predicted molar refractivity (Wildman–Crippen MR) is 77.7 cm³/mol. The number of aliphatic hydroxyl groups is 1. The van der Waals surface area contributed by atoms with E-state index in [-0.39, 0.29) is 22.2 Å². The Morgan fingerprint density at radius 1 is 1.05 bits per heavy atom. The summed E-state index contributed by atoms with van der Waals surface area (Å²) < 4.78 is 10.2. The van der Waals surface area contributed by atoms with Gasteiger partial charge in [-0.3, -0.25) is 5.21 Å². The van der Waals surface area contributed by atoms with Gasteiger partial charge in [0.1, 0.15) is 6.10 Å². The van der Waals surface area contributed by atoms with Gasteiger partial charge in [0.2, 0.25) is 0 Å². The van der Waals surface area contributed by atoms with E-state index >= 15 is 0 Å². The lowest BCUT2D eigenvalue weighted by molar-refractivity contribution is 0.216. The molecule has 0 saturated heterocycles.